The van der Waals surface area contributed by atoms with Crippen LogP contribution < -0.4 is 10.1 Å². The van der Waals surface area contributed by atoms with Gasteiger partial charge in [-0.1, -0.05) is 24.3 Å². The van der Waals surface area contributed by atoms with Crippen molar-refractivity contribution in [2.24, 2.45) is 0 Å². The standard InChI is InChI=1S/C17H18INO3/c1-21-10-11-22-14-8-6-13(7-9-14)12-19-17(20)15-4-2-3-5-16(15)18/h2-9H,10-12H2,1H3,(H,19,20). The maximum atomic E-state index is 12.1. The summed E-state index contributed by atoms with van der Waals surface area (Å²) in [6, 6.07) is 15.2. The average Bonchev–Trinajstić information content (AvgIpc) is 2.54. The van der Waals surface area contributed by atoms with Gasteiger partial charge in [-0.15, -0.1) is 0 Å². The summed E-state index contributed by atoms with van der Waals surface area (Å²) in [7, 11) is 1.64. The van der Waals surface area contributed by atoms with E-state index in [1.165, 1.54) is 0 Å². The third-order valence-electron chi connectivity index (χ3n) is 3.05. The van der Waals surface area contributed by atoms with Gasteiger partial charge < -0.3 is 14.8 Å². The summed E-state index contributed by atoms with van der Waals surface area (Å²) in [5.41, 5.74) is 1.72. The summed E-state index contributed by atoms with van der Waals surface area (Å²) in [5.74, 6) is 0.732. The number of rotatable bonds is 7. The van der Waals surface area contributed by atoms with Crippen LogP contribution in [0.5, 0.6) is 5.75 Å². The Morgan fingerprint density at radius 3 is 2.50 bits per heavy atom. The molecule has 2 aromatic rings. The molecule has 4 nitrogen and oxygen atoms in total. The maximum Gasteiger partial charge on any atom is 0.252 e. The summed E-state index contributed by atoms with van der Waals surface area (Å²) >= 11 is 2.16. The van der Waals surface area contributed by atoms with E-state index in [0.717, 1.165) is 14.9 Å². The number of carbonyl (C=O) groups is 1. The van der Waals surface area contributed by atoms with E-state index in [2.05, 4.69) is 27.9 Å². The summed E-state index contributed by atoms with van der Waals surface area (Å²) in [5, 5.41) is 2.92. The molecule has 0 fully saturated rings. The number of hydrogen-bond donors (Lipinski definition) is 1. The minimum Gasteiger partial charge on any atom is -0.491 e. The molecule has 1 amide bonds. The Morgan fingerprint density at radius 1 is 1.09 bits per heavy atom. The number of benzene rings is 2. The number of amides is 1. The monoisotopic (exact) mass is 411 g/mol. The molecule has 0 saturated heterocycles. The molecule has 0 atom stereocenters. The van der Waals surface area contributed by atoms with E-state index in [9.17, 15) is 4.79 Å². The van der Waals surface area contributed by atoms with E-state index < -0.39 is 0 Å². The number of hydrogen-bond acceptors (Lipinski definition) is 3. The SMILES string of the molecule is COCCOc1ccc(CNC(=O)c2ccccc2I)cc1. The van der Waals surface area contributed by atoms with Crippen LogP contribution in [-0.4, -0.2) is 26.2 Å². The van der Waals surface area contributed by atoms with Crippen molar-refractivity contribution in [3.63, 3.8) is 0 Å². The highest BCUT2D eigenvalue weighted by Crippen LogP contribution is 2.13. The van der Waals surface area contributed by atoms with E-state index in [1.54, 1.807) is 7.11 Å². The van der Waals surface area contributed by atoms with Gasteiger partial charge in [0.1, 0.15) is 12.4 Å². The first kappa shape index (κ1) is 16.8. The molecule has 2 aromatic carbocycles. The predicted octanol–water partition coefficient (Wildman–Crippen LogP) is 3.25. The van der Waals surface area contributed by atoms with Gasteiger partial charge in [0.25, 0.3) is 5.91 Å². The highest BCUT2D eigenvalue weighted by molar-refractivity contribution is 14.1. The van der Waals surface area contributed by atoms with Crippen molar-refractivity contribution >= 4 is 28.5 Å². The van der Waals surface area contributed by atoms with Crippen molar-refractivity contribution in [3.8, 4) is 5.75 Å². The molecule has 0 bridgehead atoms. The zero-order valence-corrected chi connectivity index (χ0v) is 14.5. The van der Waals surface area contributed by atoms with Crippen LogP contribution in [0.25, 0.3) is 0 Å². The Hall–Kier alpha value is -1.60. The van der Waals surface area contributed by atoms with Crippen LogP contribution >= 0.6 is 22.6 Å². The first-order chi connectivity index (χ1) is 10.7. The number of halogens is 1. The van der Waals surface area contributed by atoms with E-state index in [-0.39, 0.29) is 5.91 Å². The first-order valence-electron chi connectivity index (χ1n) is 6.94. The normalized spacial score (nSPS) is 10.3. The van der Waals surface area contributed by atoms with Gasteiger partial charge in [0, 0.05) is 17.2 Å². The second-order valence-corrected chi connectivity index (χ2v) is 5.81. The molecular weight excluding hydrogens is 393 g/mol. The van der Waals surface area contributed by atoms with E-state index in [0.29, 0.717) is 25.3 Å². The van der Waals surface area contributed by atoms with Crippen molar-refractivity contribution < 1.29 is 14.3 Å². The van der Waals surface area contributed by atoms with E-state index >= 15 is 0 Å². The topological polar surface area (TPSA) is 47.6 Å². The van der Waals surface area contributed by atoms with Crippen molar-refractivity contribution in [2.45, 2.75) is 6.54 Å². The molecule has 2 rings (SSSR count). The highest BCUT2D eigenvalue weighted by Gasteiger charge is 2.08. The molecule has 0 spiro atoms. The summed E-state index contributed by atoms with van der Waals surface area (Å²) in [6.45, 7) is 1.58. The number of nitrogens with one attached hydrogen (secondary N) is 1. The van der Waals surface area contributed by atoms with Crippen LogP contribution in [0.15, 0.2) is 48.5 Å². The molecule has 0 heterocycles. The number of methoxy groups -OCH3 is 1. The molecular formula is C17H18INO3. The number of carbonyl (C=O) groups excluding carboxylic acids is 1. The summed E-state index contributed by atoms with van der Waals surface area (Å²) in [6.07, 6.45) is 0. The Labute approximate surface area is 144 Å². The van der Waals surface area contributed by atoms with Gasteiger partial charge in [0.05, 0.1) is 12.2 Å². The smallest absolute Gasteiger partial charge is 0.252 e. The Kier molecular flexibility index (Phi) is 6.67. The van der Waals surface area contributed by atoms with Gasteiger partial charge >= 0.3 is 0 Å². The second-order valence-electron chi connectivity index (χ2n) is 4.65. The average molecular weight is 411 g/mol. The first-order valence-corrected chi connectivity index (χ1v) is 8.02. The van der Waals surface area contributed by atoms with Crippen molar-refractivity contribution in [1.29, 1.82) is 0 Å². The largest absolute Gasteiger partial charge is 0.491 e. The van der Waals surface area contributed by atoms with Crippen LogP contribution in [0.4, 0.5) is 0 Å². The minimum absolute atomic E-state index is 0.0644. The quantitative estimate of drug-likeness (QED) is 0.562. The van der Waals surface area contributed by atoms with Crippen molar-refractivity contribution in [2.75, 3.05) is 20.3 Å². The van der Waals surface area contributed by atoms with Crippen molar-refractivity contribution in [3.05, 3.63) is 63.2 Å². The molecule has 5 heteroatoms. The fourth-order valence-electron chi connectivity index (χ4n) is 1.87. The summed E-state index contributed by atoms with van der Waals surface area (Å²) in [4.78, 5) is 12.1. The molecule has 1 N–H and O–H groups in total. The fraction of sp³-hybridized carbons (Fsp3) is 0.235. The zero-order chi connectivity index (χ0) is 15.8. The lowest BCUT2D eigenvalue weighted by molar-refractivity contribution is 0.0950. The van der Waals surface area contributed by atoms with Crippen LogP contribution in [0.2, 0.25) is 0 Å². The van der Waals surface area contributed by atoms with Crippen LogP contribution in [0.3, 0.4) is 0 Å². The Bertz CT molecular complexity index is 614. The summed E-state index contributed by atoms with van der Waals surface area (Å²) < 4.78 is 11.4. The third-order valence-corrected chi connectivity index (χ3v) is 3.99. The van der Waals surface area contributed by atoms with Gasteiger partial charge in [-0.2, -0.15) is 0 Å². The molecule has 0 saturated carbocycles. The van der Waals surface area contributed by atoms with Gasteiger partial charge in [0.2, 0.25) is 0 Å². The molecule has 0 aromatic heterocycles. The second kappa shape index (κ2) is 8.75. The third kappa shape index (κ3) is 4.99. The van der Waals surface area contributed by atoms with Gasteiger partial charge in [-0.3, -0.25) is 4.79 Å². The molecule has 22 heavy (non-hydrogen) atoms. The fourth-order valence-corrected chi connectivity index (χ4v) is 2.50. The van der Waals surface area contributed by atoms with Crippen LogP contribution in [-0.2, 0) is 11.3 Å². The van der Waals surface area contributed by atoms with Crippen LogP contribution in [0.1, 0.15) is 15.9 Å². The number of ether oxygens (including phenoxy) is 2. The lowest BCUT2D eigenvalue weighted by Gasteiger charge is -2.08. The van der Waals surface area contributed by atoms with E-state index in [1.807, 2.05) is 48.5 Å². The highest BCUT2D eigenvalue weighted by atomic mass is 127. The molecule has 116 valence electrons. The lowest BCUT2D eigenvalue weighted by Crippen LogP contribution is -2.23. The van der Waals surface area contributed by atoms with E-state index in [4.69, 9.17) is 9.47 Å². The van der Waals surface area contributed by atoms with Gasteiger partial charge in [-0.25, -0.2) is 0 Å². The zero-order valence-electron chi connectivity index (χ0n) is 12.3. The van der Waals surface area contributed by atoms with Gasteiger partial charge in [0.15, 0.2) is 0 Å². The van der Waals surface area contributed by atoms with Gasteiger partial charge in [-0.05, 0) is 52.4 Å². The Balaban J connectivity index is 1.86. The molecule has 0 radical (unpaired) electrons. The molecule has 0 unspecified atom stereocenters. The van der Waals surface area contributed by atoms with Crippen molar-refractivity contribution in [1.82, 2.24) is 5.32 Å². The Morgan fingerprint density at radius 2 is 1.82 bits per heavy atom. The van der Waals surface area contributed by atoms with Crippen LogP contribution in [0, 0.1) is 3.57 Å². The maximum absolute atomic E-state index is 12.1. The molecule has 0 aliphatic heterocycles. The molecule has 0 aliphatic rings. The lowest BCUT2D eigenvalue weighted by atomic mass is 10.2. The minimum atomic E-state index is -0.0644. The predicted molar refractivity (Wildman–Crippen MR) is 94.1 cm³/mol. The molecule has 0 aliphatic carbocycles.